The summed E-state index contributed by atoms with van der Waals surface area (Å²) in [4.78, 5) is 24.9. The van der Waals surface area contributed by atoms with E-state index < -0.39 is 0 Å². The number of hydrogen-bond donors (Lipinski definition) is 1. The molecule has 0 unspecified atom stereocenters. The molecule has 0 aliphatic carbocycles. The largest absolute Gasteiger partial charge is 0.493 e. The number of carbonyl (C=O) groups excluding carboxylic acids is 2. The van der Waals surface area contributed by atoms with Crippen molar-refractivity contribution in [3.63, 3.8) is 0 Å². The first-order chi connectivity index (χ1) is 10.9. The summed E-state index contributed by atoms with van der Waals surface area (Å²) >= 11 is 0. The van der Waals surface area contributed by atoms with Gasteiger partial charge in [-0.25, -0.2) is 0 Å². The Morgan fingerprint density at radius 2 is 1.83 bits per heavy atom. The number of ether oxygens (including phenoxy) is 2. The van der Waals surface area contributed by atoms with Gasteiger partial charge in [-0.15, -0.1) is 0 Å². The topological polar surface area (TPSA) is 67.9 Å². The van der Waals surface area contributed by atoms with Gasteiger partial charge >= 0.3 is 0 Å². The van der Waals surface area contributed by atoms with Gasteiger partial charge in [0.15, 0.2) is 11.5 Å². The molecule has 1 aromatic carbocycles. The molecular formula is C17H26N2O4. The van der Waals surface area contributed by atoms with Crippen molar-refractivity contribution in [2.75, 3.05) is 27.3 Å². The van der Waals surface area contributed by atoms with Crippen molar-refractivity contribution >= 4 is 11.8 Å². The molecule has 0 aliphatic heterocycles. The normalized spacial score (nSPS) is 10.3. The van der Waals surface area contributed by atoms with Crippen LogP contribution in [0, 0.1) is 0 Å². The third kappa shape index (κ3) is 5.81. The summed E-state index contributed by atoms with van der Waals surface area (Å²) in [5.74, 6) is 1.08. The SMILES string of the molecule is COc1ccc(CCNC(=O)CN(C(C)=O)C(C)C)cc1OC. The van der Waals surface area contributed by atoms with Crippen LogP contribution in [-0.2, 0) is 16.0 Å². The van der Waals surface area contributed by atoms with Gasteiger partial charge in [-0.05, 0) is 38.0 Å². The lowest BCUT2D eigenvalue weighted by molar-refractivity contribution is -0.135. The minimum atomic E-state index is -0.158. The van der Waals surface area contributed by atoms with Crippen molar-refractivity contribution in [2.24, 2.45) is 0 Å². The van der Waals surface area contributed by atoms with Crippen LogP contribution in [0.25, 0.3) is 0 Å². The van der Waals surface area contributed by atoms with Crippen LogP contribution in [0.15, 0.2) is 18.2 Å². The summed E-state index contributed by atoms with van der Waals surface area (Å²) in [6, 6.07) is 5.67. The molecule has 6 heteroatoms. The molecule has 0 radical (unpaired) electrons. The van der Waals surface area contributed by atoms with Gasteiger partial charge in [0, 0.05) is 19.5 Å². The summed E-state index contributed by atoms with van der Waals surface area (Å²) in [6.45, 7) is 5.82. The molecule has 1 N–H and O–H groups in total. The van der Waals surface area contributed by atoms with Gasteiger partial charge in [0.1, 0.15) is 0 Å². The van der Waals surface area contributed by atoms with Crippen LogP contribution in [0.3, 0.4) is 0 Å². The number of methoxy groups -OCH3 is 2. The Balaban J connectivity index is 2.50. The minimum absolute atomic E-state index is 0.00380. The van der Waals surface area contributed by atoms with Gasteiger partial charge in [0.2, 0.25) is 11.8 Å². The average molecular weight is 322 g/mol. The number of carbonyl (C=O) groups is 2. The molecule has 0 saturated heterocycles. The van der Waals surface area contributed by atoms with E-state index in [2.05, 4.69) is 5.32 Å². The number of nitrogens with zero attached hydrogens (tertiary/aromatic N) is 1. The van der Waals surface area contributed by atoms with Gasteiger partial charge in [0.05, 0.1) is 20.8 Å². The third-order valence-electron chi connectivity index (χ3n) is 3.53. The summed E-state index contributed by atoms with van der Waals surface area (Å²) in [6.07, 6.45) is 0.674. The highest BCUT2D eigenvalue weighted by Gasteiger charge is 2.16. The monoisotopic (exact) mass is 322 g/mol. The number of amides is 2. The van der Waals surface area contributed by atoms with Crippen molar-refractivity contribution in [1.82, 2.24) is 10.2 Å². The van der Waals surface area contributed by atoms with Gasteiger partial charge in [-0.3, -0.25) is 9.59 Å². The molecule has 0 atom stereocenters. The summed E-state index contributed by atoms with van der Waals surface area (Å²) in [5, 5.41) is 2.83. The van der Waals surface area contributed by atoms with E-state index in [0.717, 1.165) is 5.56 Å². The maximum absolute atomic E-state index is 11.9. The fourth-order valence-corrected chi connectivity index (χ4v) is 2.25. The molecule has 0 saturated carbocycles. The predicted molar refractivity (Wildman–Crippen MR) is 88.8 cm³/mol. The summed E-state index contributed by atoms with van der Waals surface area (Å²) < 4.78 is 10.4. The zero-order valence-electron chi connectivity index (χ0n) is 14.5. The molecule has 1 aromatic rings. The van der Waals surface area contributed by atoms with E-state index in [9.17, 15) is 9.59 Å². The number of benzene rings is 1. The van der Waals surface area contributed by atoms with Gasteiger partial charge in [0.25, 0.3) is 0 Å². The highest BCUT2D eigenvalue weighted by atomic mass is 16.5. The van der Waals surface area contributed by atoms with Gasteiger partial charge < -0.3 is 19.7 Å². The molecule has 0 fully saturated rings. The molecule has 2 amide bonds. The second-order valence-corrected chi connectivity index (χ2v) is 5.53. The van der Waals surface area contributed by atoms with E-state index in [1.54, 1.807) is 14.2 Å². The molecule has 6 nitrogen and oxygen atoms in total. The highest BCUT2D eigenvalue weighted by molar-refractivity contribution is 5.83. The Morgan fingerprint density at radius 1 is 1.17 bits per heavy atom. The number of rotatable bonds is 8. The van der Waals surface area contributed by atoms with Crippen molar-refractivity contribution in [3.05, 3.63) is 23.8 Å². The molecule has 0 aliphatic rings. The Hall–Kier alpha value is -2.24. The maximum atomic E-state index is 11.9. The zero-order chi connectivity index (χ0) is 17.4. The predicted octanol–water partition coefficient (Wildman–Crippen LogP) is 1.62. The maximum Gasteiger partial charge on any atom is 0.239 e. The summed E-state index contributed by atoms with van der Waals surface area (Å²) in [5.41, 5.74) is 1.04. The van der Waals surface area contributed by atoms with E-state index in [1.807, 2.05) is 32.0 Å². The Morgan fingerprint density at radius 3 is 2.35 bits per heavy atom. The molecule has 0 aromatic heterocycles. The van der Waals surface area contributed by atoms with E-state index in [4.69, 9.17) is 9.47 Å². The first-order valence-corrected chi connectivity index (χ1v) is 7.63. The van der Waals surface area contributed by atoms with Crippen molar-refractivity contribution < 1.29 is 19.1 Å². The molecule has 0 spiro atoms. The van der Waals surface area contributed by atoms with E-state index in [-0.39, 0.29) is 24.4 Å². The smallest absolute Gasteiger partial charge is 0.239 e. The average Bonchev–Trinajstić information content (AvgIpc) is 2.51. The van der Waals surface area contributed by atoms with E-state index in [0.29, 0.717) is 24.5 Å². The molecule has 23 heavy (non-hydrogen) atoms. The first-order valence-electron chi connectivity index (χ1n) is 7.63. The van der Waals surface area contributed by atoms with Crippen LogP contribution in [0.4, 0.5) is 0 Å². The standard InChI is InChI=1S/C17H26N2O4/c1-12(2)19(13(3)20)11-17(21)18-9-8-14-6-7-15(22-4)16(10-14)23-5/h6-7,10,12H,8-9,11H2,1-5H3,(H,18,21). The lowest BCUT2D eigenvalue weighted by Gasteiger charge is -2.24. The molecular weight excluding hydrogens is 296 g/mol. The molecule has 0 bridgehead atoms. The van der Waals surface area contributed by atoms with Crippen LogP contribution in [0.1, 0.15) is 26.3 Å². The lowest BCUT2D eigenvalue weighted by Crippen LogP contribution is -2.43. The molecule has 1 rings (SSSR count). The lowest BCUT2D eigenvalue weighted by atomic mass is 10.1. The fraction of sp³-hybridized carbons (Fsp3) is 0.529. The second kappa shape index (κ2) is 9.02. The Labute approximate surface area is 137 Å². The Bertz CT molecular complexity index is 543. The third-order valence-corrected chi connectivity index (χ3v) is 3.53. The van der Waals surface area contributed by atoms with Crippen LogP contribution in [0.2, 0.25) is 0 Å². The minimum Gasteiger partial charge on any atom is -0.493 e. The van der Waals surface area contributed by atoms with Crippen molar-refractivity contribution in [2.45, 2.75) is 33.2 Å². The fourth-order valence-electron chi connectivity index (χ4n) is 2.25. The second-order valence-electron chi connectivity index (χ2n) is 5.53. The highest BCUT2D eigenvalue weighted by Crippen LogP contribution is 2.27. The molecule has 0 heterocycles. The van der Waals surface area contributed by atoms with Gasteiger partial charge in [-0.1, -0.05) is 6.07 Å². The van der Waals surface area contributed by atoms with Crippen LogP contribution in [-0.4, -0.2) is 50.1 Å². The summed E-state index contributed by atoms with van der Waals surface area (Å²) in [7, 11) is 3.18. The van der Waals surface area contributed by atoms with Crippen LogP contribution < -0.4 is 14.8 Å². The van der Waals surface area contributed by atoms with Crippen molar-refractivity contribution in [1.29, 1.82) is 0 Å². The quantitative estimate of drug-likeness (QED) is 0.790. The first kappa shape index (κ1) is 18.8. The van der Waals surface area contributed by atoms with E-state index in [1.165, 1.54) is 11.8 Å². The van der Waals surface area contributed by atoms with Crippen LogP contribution >= 0.6 is 0 Å². The molecule has 128 valence electrons. The van der Waals surface area contributed by atoms with E-state index >= 15 is 0 Å². The van der Waals surface area contributed by atoms with Gasteiger partial charge in [-0.2, -0.15) is 0 Å². The van der Waals surface area contributed by atoms with Crippen molar-refractivity contribution in [3.8, 4) is 11.5 Å². The zero-order valence-corrected chi connectivity index (χ0v) is 14.5. The number of nitrogens with one attached hydrogen (secondary N) is 1. The van der Waals surface area contributed by atoms with Crippen LogP contribution in [0.5, 0.6) is 11.5 Å². The Kier molecular flexibility index (Phi) is 7.38. The number of hydrogen-bond acceptors (Lipinski definition) is 4.